The molecule has 0 heterocycles. The minimum Gasteiger partial charge on any atom is -0.399 e. The van der Waals surface area contributed by atoms with Crippen LogP contribution in [-0.4, -0.2) is 27.8 Å². The van der Waals surface area contributed by atoms with E-state index < -0.39 is 10.0 Å². The second-order valence-corrected chi connectivity index (χ2v) is 5.12. The van der Waals surface area contributed by atoms with Crippen molar-refractivity contribution in [1.29, 1.82) is 0 Å². The third-order valence-corrected chi connectivity index (χ3v) is 3.26. The quantitative estimate of drug-likeness (QED) is 0.631. The van der Waals surface area contributed by atoms with E-state index in [0.29, 0.717) is 12.2 Å². The van der Waals surface area contributed by atoms with Gasteiger partial charge in [0.2, 0.25) is 10.0 Å². The van der Waals surface area contributed by atoms with Crippen molar-refractivity contribution in [1.82, 2.24) is 4.72 Å². The van der Waals surface area contributed by atoms with E-state index in [1.165, 1.54) is 7.05 Å². The molecule has 0 atom stereocenters. The molecule has 0 saturated heterocycles. The van der Waals surface area contributed by atoms with Crippen LogP contribution in [0.2, 0.25) is 0 Å². The van der Waals surface area contributed by atoms with Gasteiger partial charge >= 0.3 is 0 Å². The summed E-state index contributed by atoms with van der Waals surface area (Å²) < 4.78 is 24.4. The lowest BCUT2D eigenvalue weighted by Crippen LogP contribution is -2.26. The first kappa shape index (κ1) is 11.8. The van der Waals surface area contributed by atoms with Crippen LogP contribution in [0.25, 0.3) is 0 Å². The highest BCUT2D eigenvalue weighted by Gasteiger charge is 2.05. The standard InChI is InChI=1S/C9H15N3O2S/c1-11-15(13,14)6-5-12-9-4-2-3-8(10)7-9/h2-4,7,11-12H,5-6,10H2,1H3. The second-order valence-electron chi connectivity index (χ2n) is 3.08. The van der Waals surface area contributed by atoms with Gasteiger partial charge in [-0.15, -0.1) is 0 Å². The second kappa shape index (κ2) is 4.99. The molecular formula is C9H15N3O2S. The summed E-state index contributed by atoms with van der Waals surface area (Å²) in [5.41, 5.74) is 7.04. The number of anilines is 2. The Kier molecular flexibility index (Phi) is 3.93. The van der Waals surface area contributed by atoms with Crippen LogP contribution in [0.3, 0.4) is 0 Å². The minimum absolute atomic E-state index is 0.0400. The topological polar surface area (TPSA) is 84.2 Å². The molecule has 5 nitrogen and oxygen atoms in total. The molecule has 0 amide bonds. The number of benzene rings is 1. The van der Waals surface area contributed by atoms with Crippen molar-refractivity contribution in [2.24, 2.45) is 0 Å². The molecule has 0 bridgehead atoms. The van der Waals surface area contributed by atoms with Gasteiger partial charge in [0, 0.05) is 17.9 Å². The Morgan fingerprint density at radius 1 is 1.40 bits per heavy atom. The largest absolute Gasteiger partial charge is 0.399 e. The smallest absolute Gasteiger partial charge is 0.213 e. The van der Waals surface area contributed by atoms with Crippen LogP contribution >= 0.6 is 0 Å². The Morgan fingerprint density at radius 2 is 2.13 bits per heavy atom. The van der Waals surface area contributed by atoms with Gasteiger partial charge in [0.1, 0.15) is 0 Å². The molecule has 15 heavy (non-hydrogen) atoms. The Hall–Kier alpha value is -1.27. The van der Waals surface area contributed by atoms with Crippen LogP contribution in [0.1, 0.15) is 0 Å². The number of nitrogens with one attached hydrogen (secondary N) is 2. The van der Waals surface area contributed by atoms with E-state index in [1.807, 2.05) is 12.1 Å². The average molecular weight is 229 g/mol. The molecule has 84 valence electrons. The van der Waals surface area contributed by atoms with Crippen LogP contribution in [0.15, 0.2) is 24.3 Å². The highest BCUT2D eigenvalue weighted by molar-refractivity contribution is 7.89. The van der Waals surface area contributed by atoms with Crippen LogP contribution < -0.4 is 15.8 Å². The predicted molar refractivity (Wildman–Crippen MR) is 62.2 cm³/mol. The fourth-order valence-corrected chi connectivity index (χ4v) is 1.66. The van der Waals surface area contributed by atoms with Crippen LogP contribution in [0.4, 0.5) is 11.4 Å². The fourth-order valence-electron chi connectivity index (χ4n) is 1.08. The lowest BCUT2D eigenvalue weighted by atomic mass is 10.3. The Morgan fingerprint density at radius 3 is 2.73 bits per heavy atom. The van der Waals surface area contributed by atoms with Crippen molar-refractivity contribution < 1.29 is 8.42 Å². The molecule has 6 heteroatoms. The van der Waals surface area contributed by atoms with E-state index in [1.54, 1.807) is 12.1 Å². The first-order valence-corrected chi connectivity index (χ1v) is 6.19. The monoisotopic (exact) mass is 229 g/mol. The Balaban J connectivity index is 2.45. The molecule has 0 aliphatic heterocycles. The molecule has 0 saturated carbocycles. The zero-order chi connectivity index (χ0) is 11.3. The number of hydrogen-bond donors (Lipinski definition) is 3. The molecule has 0 aliphatic rings. The molecule has 1 aromatic carbocycles. The molecule has 0 aromatic heterocycles. The summed E-state index contributed by atoms with van der Waals surface area (Å²) in [5.74, 6) is 0.0400. The zero-order valence-electron chi connectivity index (χ0n) is 8.53. The van der Waals surface area contributed by atoms with Gasteiger partial charge in [0.15, 0.2) is 0 Å². The number of nitrogens with two attached hydrogens (primary N) is 1. The van der Waals surface area contributed by atoms with Gasteiger partial charge in [-0.3, -0.25) is 0 Å². The van der Waals surface area contributed by atoms with E-state index in [9.17, 15) is 8.42 Å². The molecule has 1 aromatic rings. The summed E-state index contributed by atoms with van der Waals surface area (Å²) in [7, 11) is -1.74. The normalized spacial score (nSPS) is 11.3. The lowest BCUT2D eigenvalue weighted by molar-refractivity contribution is 0.588. The summed E-state index contributed by atoms with van der Waals surface area (Å²) in [5, 5.41) is 2.98. The number of rotatable bonds is 5. The molecule has 1 rings (SSSR count). The third kappa shape index (κ3) is 4.18. The Labute approximate surface area is 89.7 Å². The molecule has 0 spiro atoms. The lowest BCUT2D eigenvalue weighted by Gasteiger charge is -2.06. The van der Waals surface area contributed by atoms with Crippen molar-refractivity contribution >= 4 is 21.4 Å². The van der Waals surface area contributed by atoms with Crippen LogP contribution in [0.5, 0.6) is 0 Å². The maximum atomic E-state index is 11.1. The third-order valence-electron chi connectivity index (χ3n) is 1.90. The summed E-state index contributed by atoms with van der Waals surface area (Å²) in [4.78, 5) is 0. The van der Waals surface area contributed by atoms with Crippen LogP contribution in [0, 0.1) is 0 Å². The van der Waals surface area contributed by atoms with E-state index in [0.717, 1.165) is 5.69 Å². The van der Waals surface area contributed by atoms with Gasteiger partial charge in [0.05, 0.1) is 5.75 Å². The van der Waals surface area contributed by atoms with Crippen molar-refractivity contribution in [3.8, 4) is 0 Å². The first-order valence-electron chi connectivity index (χ1n) is 4.54. The average Bonchev–Trinajstić information content (AvgIpc) is 2.18. The predicted octanol–water partition coefficient (Wildman–Crippen LogP) is 0.230. The maximum absolute atomic E-state index is 11.1. The maximum Gasteiger partial charge on any atom is 0.213 e. The summed E-state index contributed by atoms with van der Waals surface area (Å²) in [6.07, 6.45) is 0. The van der Waals surface area contributed by atoms with E-state index in [4.69, 9.17) is 5.73 Å². The molecular weight excluding hydrogens is 214 g/mol. The molecule has 0 radical (unpaired) electrons. The summed E-state index contributed by atoms with van der Waals surface area (Å²) in [6.45, 7) is 0.354. The van der Waals surface area contributed by atoms with E-state index in [-0.39, 0.29) is 5.75 Å². The van der Waals surface area contributed by atoms with Crippen molar-refractivity contribution in [3.63, 3.8) is 0 Å². The van der Waals surface area contributed by atoms with Gasteiger partial charge in [-0.2, -0.15) is 0 Å². The van der Waals surface area contributed by atoms with Gasteiger partial charge in [0.25, 0.3) is 0 Å². The van der Waals surface area contributed by atoms with E-state index >= 15 is 0 Å². The highest BCUT2D eigenvalue weighted by atomic mass is 32.2. The SMILES string of the molecule is CNS(=O)(=O)CCNc1cccc(N)c1. The number of nitrogen functional groups attached to an aromatic ring is 1. The fraction of sp³-hybridized carbons (Fsp3) is 0.333. The zero-order valence-corrected chi connectivity index (χ0v) is 9.34. The van der Waals surface area contributed by atoms with Gasteiger partial charge < -0.3 is 11.1 Å². The van der Waals surface area contributed by atoms with Crippen molar-refractivity contribution in [2.75, 3.05) is 30.4 Å². The molecule has 4 N–H and O–H groups in total. The first-order chi connectivity index (χ1) is 7.03. The number of hydrogen-bond acceptors (Lipinski definition) is 4. The minimum atomic E-state index is -3.14. The van der Waals surface area contributed by atoms with Gasteiger partial charge in [-0.1, -0.05) is 6.07 Å². The Bertz CT molecular complexity index is 417. The highest BCUT2D eigenvalue weighted by Crippen LogP contribution is 2.10. The van der Waals surface area contributed by atoms with E-state index in [2.05, 4.69) is 10.0 Å². The van der Waals surface area contributed by atoms with Crippen molar-refractivity contribution in [3.05, 3.63) is 24.3 Å². The number of sulfonamides is 1. The molecule has 0 fully saturated rings. The van der Waals surface area contributed by atoms with Gasteiger partial charge in [-0.25, -0.2) is 13.1 Å². The molecule has 0 unspecified atom stereocenters. The van der Waals surface area contributed by atoms with Crippen LogP contribution in [-0.2, 0) is 10.0 Å². The molecule has 0 aliphatic carbocycles. The summed E-state index contributed by atoms with van der Waals surface area (Å²) in [6, 6.07) is 7.17. The van der Waals surface area contributed by atoms with Crippen molar-refractivity contribution in [2.45, 2.75) is 0 Å². The van der Waals surface area contributed by atoms with Gasteiger partial charge in [-0.05, 0) is 25.2 Å². The summed E-state index contributed by atoms with van der Waals surface area (Å²) >= 11 is 0.